The Morgan fingerprint density at radius 1 is 1.19 bits per heavy atom. The van der Waals surface area contributed by atoms with Crippen LogP contribution in [-0.2, 0) is 11.2 Å². The fourth-order valence-corrected chi connectivity index (χ4v) is 2.72. The molecule has 1 heterocycles. The molecule has 4 heteroatoms. The summed E-state index contributed by atoms with van der Waals surface area (Å²) >= 11 is 5.96. The van der Waals surface area contributed by atoms with E-state index in [1.807, 2.05) is 54.7 Å². The van der Waals surface area contributed by atoms with Crippen LogP contribution in [0.3, 0.4) is 0 Å². The van der Waals surface area contributed by atoms with E-state index in [-0.39, 0.29) is 11.8 Å². The molecule has 21 heavy (non-hydrogen) atoms. The van der Waals surface area contributed by atoms with E-state index in [0.717, 1.165) is 29.2 Å². The van der Waals surface area contributed by atoms with Crippen molar-refractivity contribution in [1.82, 2.24) is 0 Å². The zero-order valence-corrected chi connectivity index (χ0v) is 12.2. The molecule has 3 rings (SSSR count). The zero-order valence-electron chi connectivity index (χ0n) is 11.5. The Morgan fingerprint density at radius 2 is 2.05 bits per heavy atom. The lowest BCUT2D eigenvalue weighted by Crippen LogP contribution is -2.70. The summed E-state index contributed by atoms with van der Waals surface area (Å²) in [6.45, 7) is 0.770. The number of para-hydroxylation sites is 1. The Morgan fingerprint density at radius 3 is 2.90 bits per heavy atom. The summed E-state index contributed by atoms with van der Waals surface area (Å²) in [5.74, 6) is -0.202. The van der Waals surface area contributed by atoms with Crippen LogP contribution in [0.2, 0.25) is 5.02 Å². The SMILES string of the molecule is O=C1Nc2ccccc2[C@H]1C=[NH+]CCc1cccc(Cl)c1. The Kier molecular flexibility index (Phi) is 4.02. The molecule has 0 fully saturated rings. The smallest absolute Gasteiger partial charge is 0.241 e. The standard InChI is InChI=1S/C17H15ClN2O/c18-13-5-3-4-12(10-13)8-9-19-11-15-14-6-1-2-7-16(14)20-17(15)21/h1-7,10-11,15H,8-9H2,(H,20,21)/p+1/t15-/m1/s1. The minimum absolute atomic E-state index is 0.0199. The number of halogens is 1. The van der Waals surface area contributed by atoms with Crippen molar-refractivity contribution in [2.24, 2.45) is 0 Å². The average molecular weight is 300 g/mol. The Hall–Kier alpha value is -2.13. The van der Waals surface area contributed by atoms with E-state index in [4.69, 9.17) is 11.6 Å². The van der Waals surface area contributed by atoms with Crippen LogP contribution in [0.4, 0.5) is 5.69 Å². The lowest BCUT2D eigenvalue weighted by atomic mass is 10.0. The van der Waals surface area contributed by atoms with Gasteiger partial charge < -0.3 is 5.32 Å². The van der Waals surface area contributed by atoms with Gasteiger partial charge in [-0.1, -0.05) is 41.9 Å². The van der Waals surface area contributed by atoms with E-state index >= 15 is 0 Å². The molecule has 1 aliphatic heterocycles. The molecule has 0 saturated carbocycles. The highest BCUT2D eigenvalue weighted by molar-refractivity contribution is 6.30. The first-order valence-corrected chi connectivity index (χ1v) is 7.33. The van der Waals surface area contributed by atoms with E-state index in [9.17, 15) is 4.79 Å². The minimum atomic E-state index is -0.222. The van der Waals surface area contributed by atoms with Gasteiger partial charge in [0.25, 0.3) is 0 Å². The largest absolute Gasteiger partial charge is 0.325 e. The zero-order chi connectivity index (χ0) is 14.7. The van der Waals surface area contributed by atoms with Gasteiger partial charge in [-0.2, -0.15) is 0 Å². The predicted molar refractivity (Wildman–Crippen MR) is 84.9 cm³/mol. The van der Waals surface area contributed by atoms with Gasteiger partial charge in [0.1, 0.15) is 12.5 Å². The minimum Gasteiger partial charge on any atom is -0.325 e. The maximum absolute atomic E-state index is 11.9. The number of rotatable bonds is 4. The Balaban J connectivity index is 1.63. The van der Waals surface area contributed by atoms with Crippen molar-refractivity contribution in [2.75, 3.05) is 11.9 Å². The first-order chi connectivity index (χ1) is 10.2. The van der Waals surface area contributed by atoms with Crippen molar-refractivity contribution < 1.29 is 9.79 Å². The number of nitrogens with one attached hydrogen (secondary N) is 2. The van der Waals surface area contributed by atoms with Crippen LogP contribution in [0.15, 0.2) is 48.5 Å². The van der Waals surface area contributed by atoms with Gasteiger partial charge in [0.2, 0.25) is 5.91 Å². The van der Waals surface area contributed by atoms with Crippen molar-refractivity contribution in [3.63, 3.8) is 0 Å². The van der Waals surface area contributed by atoms with Crippen molar-refractivity contribution in [3.05, 3.63) is 64.7 Å². The molecular weight excluding hydrogens is 284 g/mol. The first kappa shape index (κ1) is 13.8. The highest BCUT2D eigenvalue weighted by Gasteiger charge is 2.30. The van der Waals surface area contributed by atoms with Crippen molar-refractivity contribution in [2.45, 2.75) is 12.3 Å². The van der Waals surface area contributed by atoms with Gasteiger partial charge in [0.15, 0.2) is 6.21 Å². The molecule has 0 aromatic heterocycles. The van der Waals surface area contributed by atoms with Crippen LogP contribution in [0.1, 0.15) is 17.0 Å². The second-order valence-corrected chi connectivity index (χ2v) is 5.49. The summed E-state index contributed by atoms with van der Waals surface area (Å²) < 4.78 is 0. The van der Waals surface area contributed by atoms with Gasteiger partial charge in [-0.3, -0.25) is 9.79 Å². The first-order valence-electron chi connectivity index (χ1n) is 6.95. The van der Waals surface area contributed by atoms with Gasteiger partial charge in [-0.15, -0.1) is 0 Å². The monoisotopic (exact) mass is 299 g/mol. The van der Waals surface area contributed by atoms with Gasteiger partial charge in [0.05, 0.1) is 0 Å². The molecule has 0 spiro atoms. The molecule has 2 N–H and O–H groups in total. The second-order valence-electron chi connectivity index (χ2n) is 5.05. The third kappa shape index (κ3) is 3.14. The normalized spacial score (nSPS) is 17.0. The van der Waals surface area contributed by atoms with Crippen molar-refractivity contribution >= 4 is 29.4 Å². The summed E-state index contributed by atoms with van der Waals surface area (Å²) in [4.78, 5) is 15.2. The highest BCUT2D eigenvalue weighted by Crippen LogP contribution is 2.29. The molecule has 1 amide bonds. The number of amides is 1. The van der Waals surface area contributed by atoms with Gasteiger partial charge >= 0.3 is 0 Å². The third-order valence-electron chi connectivity index (χ3n) is 3.57. The summed E-state index contributed by atoms with van der Waals surface area (Å²) in [5.41, 5.74) is 3.11. The number of carbonyl (C=O) groups excluding carboxylic acids is 1. The maximum atomic E-state index is 11.9. The number of carbonyl (C=O) groups is 1. The molecule has 3 nitrogen and oxygen atoms in total. The molecule has 1 aliphatic rings. The summed E-state index contributed by atoms with van der Waals surface area (Å²) in [7, 11) is 0. The van der Waals surface area contributed by atoms with Crippen molar-refractivity contribution in [1.29, 1.82) is 0 Å². The molecule has 1 atom stereocenters. The second kappa shape index (κ2) is 6.10. The Labute approximate surface area is 128 Å². The van der Waals surface area contributed by atoms with E-state index in [0.29, 0.717) is 0 Å². The number of benzene rings is 2. The van der Waals surface area contributed by atoms with E-state index in [1.54, 1.807) is 0 Å². The van der Waals surface area contributed by atoms with Crippen LogP contribution in [-0.4, -0.2) is 18.7 Å². The Bertz CT molecular complexity index is 697. The van der Waals surface area contributed by atoms with Crippen LogP contribution in [0.5, 0.6) is 0 Å². The van der Waals surface area contributed by atoms with Gasteiger partial charge in [-0.05, 0) is 29.3 Å². The quantitative estimate of drug-likeness (QED) is 0.830. The summed E-state index contributed by atoms with van der Waals surface area (Å²) in [5, 5.41) is 3.64. The van der Waals surface area contributed by atoms with E-state index < -0.39 is 0 Å². The highest BCUT2D eigenvalue weighted by atomic mass is 35.5. The third-order valence-corrected chi connectivity index (χ3v) is 3.80. The molecule has 0 radical (unpaired) electrons. The number of hydrogen-bond donors (Lipinski definition) is 2. The molecule has 0 bridgehead atoms. The van der Waals surface area contributed by atoms with Crippen LogP contribution >= 0.6 is 11.6 Å². The molecule has 106 valence electrons. The van der Waals surface area contributed by atoms with Crippen molar-refractivity contribution in [3.8, 4) is 0 Å². The topological polar surface area (TPSA) is 43.1 Å². The fraction of sp³-hybridized carbons (Fsp3) is 0.176. The van der Waals surface area contributed by atoms with Crippen LogP contribution in [0.25, 0.3) is 0 Å². The number of fused-ring (bicyclic) bond motifs is 1. The summed E-state index contributed by atoms with van der Waals surface area (Å²) in [6.07, 6.45) is 2.73. The van der Waals surface area contributed by atoms with E-state index in [1.165, 1.54) is 5.56 Å². The maximum Gasteiger partial charge on any atom is 0.241 e. The lowest BCUT2D eigenvalue weighted by molar-refractivity contribution is -0.452. The fourth-order valence-electron chi connectivity index (χ4n) is 2.51. The average Bonchev–Trinajstić information content (AvgIpc) is 2.79. The number of hydrogen-bond acceptors (Lipinski definition) is 1. The van der Waals surface area contributed by atoms with Gasteiger partial charge in [-0.25, -0.2) is 0 Å². The predicted octanol–water partition coefficient (Wildman–Crippen LogP) is 1.77. The lowest BCUT2D eigenvalue weighted by Gasteiger charge is -1.99. The van der Waals surface area contributed by atoms with E-state index in [2.05, 4.69) is 10.3 Å². The van der Waals surface area contributed by atoms with Gasteiger partial charge in [0, 0.05) is 17.1 Å². The van der Waals surface area contributed by atoms with Crippen LogP contribution in [0, 0.1) is 0 Å². The summed E-state index contributed by atoms with van der Waals surface area (Å²) in [6, 6.07) is 15.6. The van der Waals surface area contributed by atoms with Crippen LogP contribution < -0.4 is 10.3 Å². The number of anilines is 1. The molecule has 0 aliphatic carbocycles. The molecular formula is C17H16ClN2O+. The molecule has 0 saturated heterocycles. The molecule has 0 unspecified atom stereocenters. The molecule has 2 aromatic rings. The molecule has 2 aromatic carbocycles.